The van der Waals surface area contributed by atoms with Gasteiger partial charge in [0.2, 0.25) is 15.9 Å². The van der Waals surface area contributed by atoms with Crippen molar-refractivity contribution >= 4 is 47.3 Å². The monoisotopic (exact) mass is 479 g/mol. The van der Waals surface area contributed by atoms with Gasteiger partial charge >= 0.3 is 0 Å². The van der Waals surface area contributed by atoms with Crippen LogP contribution in [0.1, 0.15) is 12.8 Å². The third-order valence-corrected chi connectivity index (χ3v) is 8.19. The Bertz CT molecular complexity index is 1400. The quantitative estimate of drug-likeness (QED) is 0.495. The second-order valence-electron chi connectivity index (χ2n) is 6.70. The van der Waals surface area contributed by atoms with E-state index < -0.39 is 25.8 Å². The molecule has 1 heterocycles. The number of fused-ring (bicyclic) bond motifs is 1. The van der Waals surface area contributed by atoms with E-state index in [1.165, 1.54) is 24.3 Å². The lowest BCUT2D eigenvalue weighted by molar-refractivity contribution is -0.118. The van der Waals surface area contributed by atoms with E-state index in [4.69, 9.17) is 5.14 Å². The zero-order chi connectivity index (χ0) is 22.6. The molecule has 31 heavy (non-hydrogen) atoms. The first kappa shape index (κ1) is 23.1. The van der Waals surface area contributed by atoms with Gasteiger partial charge in [0.25, 0.3) is 0 Å². The second kappa shape index (κ2) is 9.27. The maximum atomic E-state index is 12.4. The van der Waals surface area contributed by atoms with E-state index in [0.29, 0.717) is 21.6 Å². The van der Waals surface area contributed by atoms with E-state index in [1.54, 1.807) is 34.9 Å². The van der Waals surface area contributed by atoms with E-state index in [0.717, 1.165) is 11.3 Å². The first-order valence-corrected chi connectivity index (χ1v) is 13.3. The zero-order valence-electron chi connectivity index (χ0n) is 16.5. The average Bonchev–Trinajstić information content (AvgIpc) is 3.04. The van der Waals surface area contributed by atoms with Crippen LogP contribution in [-0.4, -0.2) is 33.1 Å². The van der Waals surface area contributed by atoms with E-state index in [2.05, 4.69) is 11.6 Å². The Morgan fingerprint density at radius 3 is 2.45 bits per heavy atom. The molecule has 0 bridgehead atoms. The molecule has 2 aromatic carbocycles. The Labute approximate surface area is 184 Å². The number of hydrogen-bond acceptors (Lipinski definition) is 6. The number of rotatable bonds is 8. The molecule has 1 aromatic heterocycles. The molecule has 0 aliphatic carbocycles. The number of hydrogen-bond donors (Lipinski definition) is 1. The Kier molecular flexibility index (Phi) is 6.90. The minimum absolute atomic E-state index is 0.0309. The highest BCUT2D eigenvalue weighted by atomic mass is 32.2. The molecule has 11 heteroatoms. The molecule has 1 amide bonds. The van der Waals surface area contributed by atoms with Crippen LogP contribution in [0.2, 0.25) is 0 Å². The van der Waals surface area contributed by atoms with Gasteiger partial charge in [0.15, 0.2) is 14.6 Å². The van der Waals surface area contributed by atoms with Crippen molar-refractivity contribution < 1.29 is 21.6 Å². The lowest BCUT2D eigenvalue weighted by Gasteiger charge is -2.03. The van der Waals surface area contributed by atoms with Crippen LogP contribution < -0.4 is 9.94 Å². The molecular formula is C20H21N3O5S3. The number of benzene rings is 2. The van der Waals surface area contributed by atoms with Gasteiger partial charge in [-0.05, 0) is 36.8 Å². The minimum atomic E-state index is -3.86. The highest BCUT2D eigenvalue weighted by Gasteiger charge is 2.15. The second-order valence-corrected chi connectivity index (χ2v) is 11.4. The molecule has 0 saturated heterocycles. The Morgan fingerprint density at radius 2 is 1.81 bits per heavy atom. The molecule has 3 rings (SSSR count). The topological polar surface area (TPSA) is 129 Å². The molecule has 0 atom stereocenters. The van der Waals surface area contributed by atoms with Gasteiger partial charge in [0, 0.05) is 13.0 Å². The van der Waals surface area contributed by atoms with Crippen molar-refractivity contribution in [3.8, 4) is 0 Å². The molecule has 0 unspecified atom stereocenters. The Hall–Kier alpha value is -2.60. The summed E-state index contributed by atoms with van der Waals surface area (Å²) in [5.74, 6) is -0.617. The number of nitrogens with zero attached hydrogens (tertiary/aromatic N) is 2. The highest BCUT2D eigenvalue weighted by Crippen LogP contribution is 2.21. The maximum absolute atomic E-state index is 12.4. The van der Waals surface area contributed by atoms with Crippen LogP contribution in [0.15, 0.2) is 76.0 Å². The molecule has 164 valence electrons. The summed E-state index contributed by atoms with van der Waals surface area (Å²) in [6, 6.07) is 12.5. The number of amides is 1. The van der Waals surface area contributed by atoms with Crippen molar-refractivity contribution in [2.75, 3.05) is 5.75 Å². The summed E-state index contributed by atoms with van der Waals surface area (Å²) in [5, 5.41) is 5.19. The summed E-state index contributed by atoms with van der Waals surface area (Å²) < 4.78 is 50.2. The number of thiazole rings is 1. The van der Waals surface area contributed by atoms with Crippen molar-refractivity contribution in [1.29, 1.82) is 0 Å². The normalized spacial score (nSPS) is 12.9. The summed E-state index contributed by atoms with van der Waals surface area (Å²) in [5.41, 5.74) is 0.690. The number of nitrogens with two attached hydrogens (primary N) is 1. The van der Waals surface area contributed by atoms with Crippen LogP contribution in [0.4, 0.5) is 0 Å². The first-order chi connectivity index (χ1) is 14.6. The van der Waals surface area contributed by atoms with Crippen molar-refractivity contribution in [2.24, 2.45) is 10.1 Å². The summed E-state index contributed by atoms with van der Waals surface area (Å²) >= 11 is 1.15. The summed E-state index contributed by atoms with van der Waals surface area (Å²) in [7, 11) is -7.32. The third-order valence-electron chi connectivity index (χ3n) is 4.42. The molecule has 0 fully saturated rings. The summed E-state index contributed by atoms with van der Waals surface area (Å²) in [6.45, 7) is 4.06. The van der Waals surface area contributed by atoms with Crippen molar-refractivity contribution in [3.05, 3.63) is 66.0 Å². The van der Waals surface area contributed by atoms with Gasteiger partial charge < -0.3 is 4.57 Å². The van der Waals surface area contributed by atoms with Crippen LogP contribution in [0.25, 0.3) is 10.2 Å². The molecule has 2 N–H and O–H groups in total. The number of primary sulfonamides is 1. The lowest BCUT2D eigenvalue weighted by Crippen LogP contribution is -2.16. The van der Waals surface area contributed by atoms with Crippen LogP contribution >= 0.6 is 11.3 Å². The minimum Gasteiger partial charge on any atom is -0.313 e. The van der Waals surface area contributed by atoms with E-state index in [9.17, 15) is 21.6 Å². The Morgan fingerprint density at radius 1 is 1.10 bits per heavy atom. The van der Waals surface area contributed by atoms with Gasteiger partial charge in [-0.1, -0.05) is 35.6 Å². The molecule has 3 aromatic rings. The van der Waals surface area contributed by atoms with Crippen LogP contribution in [0, 0.1) is 0 Å². The fraction of sp³-hybridized carbons (Fsp3) is 0.200. The number of allylic oxidation sites excluding steroid dienone is 1. The molecule has 0 saturated carbocycles. The van der Waals surface area contributed by atoms with Gasteiger partial charge in [-0.2, -0.15) is 4.99 Å². The van der Waals surface area contributed by atoms with E-state index >= 15 is 0 Å². The smallest absolute Gasteiger partial charge is 0.248 e. The Balaban J connectivity index is 1.83. The van der Waals surface area contributed by atoms with Gasteiger partial charge in [0.1, 0.15) is 0 Å². The van der Waals surface area contributed by atoms with E-state index in [-0.39, 0.29) is 28.4 Å². The predicted octanol–water partition coefficient (Wildman–Crippen LogP) is 2.22. The molecule has 0 aliphatic heterocycles. The van der Waals surface area contributed by atoms with Gasteiger partial charge in [-0.25, -0.2) is 22.0 Å². The highest BCUT2D eigenvalue weighted by molar-refractivity contribution is 7.91. The van der Waals surface area contributed by atoms with E-state index in [1.807, 2.05) is 0 Å². The number of sulfone groups is 1. The number of carbonyl (C=O) groups excluding carboxylic acids is 1. The fourth-order valence-corrected chi connectivity index (χ4v) is 5.99. The molecule has 0 radical (unpaired) electrons. The van der Waals surface area contributed by atoms with Crippen LogP contribution in [0.3, 0.4) is 0 Å². The molecule has 0 aliphatic rings. The number of sulfonamides is 1. The zero-order valence-corrected chi connectivity index (χ0v) is 18.9. The molecule has 0 spiro atoms. The molecular weight excluding hydrogens is 458 g/mol. The first-order valence-electron chi connectivity index (χ1n) is 9.24. The van der Waals surface area contributed by atoms with Gasteiger partial charge in [-0.15, -0.1) is 6.58 Å². The van der Waals surface area contributed by atoms with Gasteiger partial charge in [0.05, 0.1) is 25.8 Å². The molecule has 8 nitrogen and oxygen atoms in total. The fourth-order valence-electron chi connectivity index (χ4n) is 2.94. The van der Waals surface area contributed by atoms with Crippen molar-refractivity contribution in [2.45, 2.75) is 29.2 Å². The lowest BCUT2D eigenvalue weighted by atomic mass is 10.3. The number of carbonyl (C=O) groups is 1. The number of aromatic nitrogens is 1. The maximum Gasteiger partial charge on any atom is 0.248 e. The van der Waals surface area contributed by atoms with Crippen LogP contribution in [-0.2, 0) is 31.2 Å². The average molecular weight is 480 g/mol. The van der Waals surface area contributed by atoms with Crippen LogP contribution in [0.5, 0.6) is 0 Å². The standard InChI is InChI=1S/C20H21N3O5S3/c1-2-12-23-17-11-10-16(31(21,27)28)14-18(17)29-20(23)22-19(24)9-6-13-30(25,26)15-7-4-3-5-8-15/h2-5,7-8,10-11,14H,1,6,9,12-13H2,(H2,21,27,28). The summed E-state index contributed by atoms with van der Waals surface area (Å²) in [6.07, 6.45) is 1.74. The SMILES string of the molecule is C=CCn1c(=NC(=O)CCCS(=O)(=O)c2ccccc2)sc2cc(S(N)(=O)=O)ccc21. The summed E-state index contributed by atoms with van der Waals surface area (Å²) in [4.78, 5) is 17.1. The van der Waals surface area contributed by atoms with Crippen molar-refractivity contribution in [3.63, 3.8) is 0 Å². The van der Waals surface area contributed by atoms with Crippen molar-refractivity contribution in [1.82, 2.24) is 4.57 Å². The predicted molar refractivity (Wildman–Crippen MR) is 120 cm³/mol. The van der Waals surface area contributed by atoms with Gasteiger partial charge in [-0.3, -0.25) is 4.79 Å². The third kappa shape index (κ3) is 5.56. The largest absolute Gasteiger partial charge is 0.313 e.